The van der Waals surface area contributed by atoms with Crippen LogP contribution in [0.4, 0.5) is 0 Å². The van der Waals surface area contributed by atoms with Crippen molar-refractivity contribution in [1.29, 1.82) is 0 Å². The highest BCUT2D eigenvalue weighted by atomic mass is 16.2. The molecule has 7 nitrogen and oxygen atoms in total. The van der Waals surface area contributed by atoms with Crippen molar-refractivity contribution in [1.82, 2.24) is 20.2 Å². The Labute approximate surface area is 150 Å². The number of hydrogen-bond donors (Lipinski definition) is 2. The van der Waals surface area contributed by atoms with E-state index in [9.17, 15) is 14.4 Å². The zero-order valence-corrected chi connectivity index (χ0v) is 14.4. The van der Waals surface area contributed by atoms with E-state index in [2.05, 4.69) is 15.3 Å². The quantitative estimate of drug-likeness (QED) is 0.647. The second-order valence-electron chi connectivity index (χ2n) is 6.85. The predicted molar refractivity (Wildman–Crippen MR) is 94.7 cm³/mol. The number of fused-ring (bicyclic) bond motifs is 2. The number of nitrogens with one attached hydrogen (secondary N) is 2. The number of hydrogen-bond acceptors (Lipinski definition) is 4. The van der Waals surface area contributed by atoms with Gasteiger partial charge in [-0.3, -0.25) is 19.3 Å². The molecule has 7 heteroatoms. The number of aromatic amines is 1. The number of para-hydroxylation sites is 2. The van der Waals surface area contributed by atoms with Gasteiger partial charge < -0.3 is 10.3 Å². The first-order chi connectivity index (χ1) is 12.5. The second-order valence-corrected chi connectivity index (χ2v) is 6.85. The number of benzene rings is 1. The number of amides is 3. The fourth-order valence-corrected chi connectivity index (χ4v) is 3.70. The van der Waals surface area contributed by atoms with Crippen LogP contribution < -0.4 is 5.32 Å². The molecule has 2 unspecified atom stereocenters. The van der Waals surface area contributed by atoms with Crippen LogP contribution in [0.1, 0.15) is 31.6 Å². The van der Waals surface area contributed by atoms with E-state index in [1.54, 1.807) is 0 Å². The monoisotopic (exact) mass is 352 g/mol. The molecule has 3 amide bonds. The molecule has 1 saturated heterocycles. The van der Waals surface area contributed by atoms with Crippen molar-refractivity contribution in [3.63, 3.8) is 0 Å². The number of rotatable bonds is 4. The average molecular weight is 352 g/mol. The number of likely N-dealkylation sites (tertiary alicyclic amines) is 1. The zero-order chi connectivity index (χ0) is 18.3. The number of nitrogens with zero attached hydrogens (tertiary/aromatic N) is 2. The highest BCUT2D eigenvalue weighted by Crippen LogP contribution is 2.34. The summed E-state index contributed by atoms with van der Waals surface area (Å²) in [5, 5.41) is 2.81. The molecule has 4 rings (SSSR count). The van der Waals surface area contributed by atoms with E-state index in [1.807, 2.05) is 43.3 Å². The Hall–Kier alpha value is -2.96. The molecule has 2 heterocycles. The molecule has 1 fully saturated rings. The molecule has 0 saturated carbocycles. The van der Waals surface area contributed by atoms with Gasteiger partial charge in [0.2, 0.25) is 17.7 Å². The number of aromatic nitrogens is 2. The number of H-pyrrole nitrogens is 1. The molecule has 1 aliphatic heterocycles. The van der Waals surface area contributed by atoms with Crippen LogP contribution >= 0.6 is 0 Å². The fraction of sp³-hybridized carbons (Fsp3) is 0.368. The summed E-state index contributed by atoms with van der Waals surface area (Å²) in [6.45, 7) is 1.57. The molecule has 1 aliphatic carbocycles. The minimum Gasteiger partial charge on any atom is -0.345 e. The highest BCUT2D eigenvalue weighted by Gasteiger charge is 2.47. The number of carbonyl (C=O) groups is 3. The number of carbonyl (C=O) groups excluding carboxylic acids is 3. The molecule has 0 spiro atoms. The summed E-state index contributed by atoms with van der Waals surface area (Å²) in [6.07, 6.45) is 5.00. The molecule has 0 bridgehead atoms. The van der Waals surface area contributed by atoms with Crippen molar-refractivity contribution >= 4 is 28.8 Å². The maximum atomic E-state index is 12.4. The van der Waals surface area contributed by atoms with Gasteiger partial charge in [-0.15, -0.1) is 0 Å². The topological polar surface area (TPSA) is 95.2 Å². The third kappa shape index (κ3) is 2.79. The van der Waals surface area contributed by atoms with E-state index in [1.165, 1.54) is 0 Å². The predicted octanol–water partition coefficient (Wildman–Crippen LogP) is 1.69. The molecule has 26 heavy (non-hydrogen) atoms. The Kier molecular flexibility index (Phi) is 4.06. The van der Waals surface area contributed by atoms with Gasteiger partial charge in [0.05, 0.1) is 28.9 Å². The Bertz CT molecular complexity index is 857. The lowest BCUT2D eigenvalue weighted by Crippen LogP contribution is -2.41. The summed E-state index contributed by atoms with van der Waals surface area (Å²) >= 11 is 0. The summed E-state index contributed by atoms with van der Waals surface area (Å²) < 4.78 is 0. The SMILES string of the molecule is C[C@H](NC(=O)CN1C(=O)C2CC=CCC2C1=O)c1nc2ccccc2[nH]1. The normalized spacial score (nSPS) is 23.3. The molecule has 2 N–H and O–H groups in total. The van der Waals surface area contributed by atoms with Gasteiger partial charge in [0.25, 0.3) is 0 Å². The summed E-state index contributed by atoms with van der Waals surface area (Å²) in [7, 11) is 0. The first kappa shape index (κ1) is 16.5. The van der Waals surface area contributed by atoms with Gasteiger partial charge in [-0.1, -0.05) is 24.3 Å². The van der Waals surface area contributed by atoms with Crippen LogP contribution in [-0.4, -0.2) is 39.1 Å². The van der Waals surface area contributed by atoms with Crippen LogP contribution in [-0.2, 0) is 14.4 Å². The first-order valence-electron chi connectivity index (χ1n) is 8.79. The number of allylic oxidation sites excluding steroid dienone is 2. The van der Waals surface area contributed by atoms with E-state index < -0.39 is 0 Å². The van der Waals surface area contributed by atoms with Gasteiger partial charge in [0.15, 0.2) is 0 Å². The van der Waals surface area contributed by atoms with Crippen molar-refractivity contribution < 1.29 is 14.4 Å². The molecule has 1 aromatic carbocycles. The maximum absolute atomic E-state index is 12.4. The third-order valence-electron chi connectivity index (χ3n) is 5.10. The summed E-state index contributed by atoms with van der Waals surface area (Å²) in [6, 6.07) is 7.26. The molecule has 134 valence electrons. The minimum atomic E-state index is -0.369. The standard InChI is InChI=1S/C19H20N4O3/c1-11(17-21-14-8-4-5-9-15(14)22-17)20-16(24)10-23-18(25)12-6-2-3-7-13(12)19(23)26/h2-5,8-9,11-13H,6-7,10H2,1H3,(H,20,24)(H,21,22)/t11-,12?,13?/m0/s1. The van der Waals surface area contributed by atoms with Crippen molar-refractivity contribution in [2.24, 2.45) is 11.8 Å². The van der Waals surface area contributed by atoms with Crippen LogP contribution in [0.3, 0.4) is 0 Å². The lowest BCUT2D eigenvalue weighted by molar-refractivity contribution is -0.143. The van der Waals surface area contributed by atoms with Gasteiger partial charge in [-0.25, -0.2) is 4.98 Å². The first-order valence-corrected chi connectivity index (χ1v) is 8.79. The lowest BCUT2D eigenvalue weighted by Gasteiger charge is -2.16. The number of imide groups is 1. The van der Waals surface area contributed by atoms with Gasteiger partial charge in [-0.05, 0) is 31.9 Å². The van der Waals surface area contributed by atoms with Crippen molar-refractivity contribution in [3.05, 3.63) is 42.2 Å². The second kappa shape index (κ2) is 6.40. The van der Waals surface area contributed by atoms with Crippen molar-refractivity contribution in [3.8, 4) is 0 Å². The lowest BCUT2D eigenvalue weighted by atomic mass is 9.85. The molecule has 2 aromatic rings. The summed E-state index contributed by atoms with van der Waals surface area (Å²) in [5.41, 5.74) is 1.72. The molecule has 0 radical (unpaired) electrons. The fourth-order valence-electron chi connectivity index (χ4n) is 3.70. The summed E-state index contributed by atoms with van der Waals surface area (Å²) in [4.78, 5) is 46.0. The van der Waals surface area contributed by atoms with Gasteiger partial charge in [-0.2, -0.15) is 0 Å². The van der Waals surface area contributed by atoms with E-state index in [4.69, 9.17) is 0 Å². The Morgan fingerprint density at radius 2 is 1.88 bits per heavy atom. The third-order valence-corrected chi connectivity index (χ3v) is 5.10. The van der Waals surface area contributed by atoms with E-state index in [-0.39, 0.29) is 42.1 Å². The molecular formula is C19H20N4O3. The van der Waals surface area contributed by atoms with E-state index in [0.29, 0.717) is 18.7 Å². The van der Waals surface area contributed by atoms with E-state index in [0.717, 1.165) is 15.9 Å². The van der Waals surface area contributed by atoms with E-state index >= 15 is 0 Å². The van der Waals surface area contributed by atoms with Crippen LogP contribution in [0.2, 0.25) is 0 Å². The molecule has 2 aliphatic rings. The van der Waals surface area contributed by atoms with Crippen molar-refractivity contribution in [2.75, 3.05) is 6.54 Å². The Balaban J connectivity index is 1.42. The van der Waals surface area contributed by atoms with Gasteiger partial charge >= 0.3 is 0 Å². The molecule has 3 atom stereocenters. The van der Waals surface area contributed by atoms with Crippen LogP contribution in [0.15, 0.2) is 36.4 Å². The van der Waals surface area contributed by atoms with Gasteiger partial charge in [0.1, 0.15) is 12.4 Å². The maximum Gasteiger partial charge on any atom is 0.240 e. The smallest absolute Gasteiger partial charge is 0.240 e. The van der Waals surface area contributed by atoms with Crippen molar-refractivity contribution in [2.45, 2.75) is 25.8 Å². The zero-order valence-electron chi connectivity index (χ0n) is 14.4. The Morgan fingerprint density at radius 1 is 1.23 bits per heavy atom. The van der Waals surface area contributed by atoms with Gasteiger partial charge in [0, 0.05) is 0 Å². The summed E-state index contributed by atoms with van der Waals surface area (Å²) in [5.74, 6) is -0.837. The Morgan fingerprint density at radius 3 is 2.54 bits per heavy atom. The molecular weight excluding hydrogens is 332 g/mol. The molecule has 1 aromatic heterocycles. The average Bonchev–Trinajstić information content (AvgIpc) is 3.18. The highest BCUT2D eigenvalue weighted by molar-refractivity contribution is 6.07. The number of imidazole rings is 1. The minimum absolute atomic E-state index is 0.240. The largest absolute Gasteiger partial charge is 0.345 e. The van der Waals surface area contributed by atoms with Crippen LogP contribution in [0, 0.1) is 11.8 Å². The van der Waals surface area contributed by atoms with Crippen LogP contribution in [0.25, 0.3) is 11.0 Å². The van der Waals surface area contributed by atoms with Crippen LogP contribution in [0.5, 0.6) is 0 Å².